The summed E-state index contributed by atoms with van der Waals surface area (Å²) in [5, 5.41) is 5.03. The quantitative estimate of drug-likeness (QED) is 0.577. The molecule has 2 aliphatic rings. The van der Waals surface area contributed by atoms with Crippen molar-refractivity contribution in [2.45, 2.75) is 18.9 Å². The lowest BCUT2D eigenvalue weighted by Gasteiger charge is -2.22. The second-order valence-electron chi connectivity index (χ2n) is 6.98. The summed E-state index contributed by atoms with van der Waals surface area (Å²) in [5.74, 6) is -0.167. The number of aliphatic imine (C=N–C) groups is 1. The van der Waals surface area contributed by atoms with Crippen molar-refractivity contribution in [1.82, 2.24) is 14.8 Å². The molecule has 0 amide bonds. The smallest absolute Gasteiger partial charge is 0.159 e. The standard InChI is InChI=1S/C20H14Cl2F2N4O/c1-9-20-26-19(10-7-29-8-10)27-28(20)14-6-5-11(21)17(22)16(14)18(25-9)15-12(23)3-2-4-13(15)24/h2-6,9-10H,7-8H2,1H3/t9-/m0/s1. The number of nitrogens with zero attached hydrogens (tertiary/aromatic N) is 4. The van der Waals surface area contributed by atoms with E-state index in [-0.39, 0.29) is 27.2 Å². The topological polar surface area (TPSA) is 52.3 Å². The van der Waals surface area contributed by atoms with E-state index in [4.69, 9.17) is 27.9 Å². The summed E-state index contributed by atoms with van der Waals surface area (Å²) in [6, 6.07) is 6.46. The molecule has 9 heteroatoms. The molecule has 0 bridgehead atoms. The van der Waals surface area contributed by atoms with E-state index in [0.717, 1.165) is 0 Å². The number of aromatic nitrogens is 3. The molecule has 0 aliphatic carbocycles. The molecular formula is C20H14Cl2F2N4O. The molecule has 1 fully saturated rings. The minimum Gasteiger partial charge on any atom is -0.380 e. The highest BCUT2D eigenvalue weighted by Gasteiger charge is 2.33. The molecule has 2 aliphatic heterocycles. The van der Waals surface area contributed by atoms with Crippen molar-refractivity contribution in [2.75, 3.05) is 13.2 Å². The van der Waals surface area contributed by atoms with Crippen molar-refractivity contribution in [3.8, 4) is 5.69 Å². The van der Waals surface area contributed by atoms with E-state index in [1.54, 1.807) is 23.7 Å². The van der Waals surface area contributed by atoms with Crippen LogP contribution in [0.15, 0.2) is 35.3 Å². The van der Waals surface area contributed by atoms with E-state index in [1.807, 2.05) is 0 Å². The van der Waals surface area contributed by atoms with E-state index in [2.05, 4.69) is 15.1 Å². The molecule has 0 N–H and O–H groups in total. The van der Waals surface area contributed by atoms with Crippen molar-refractivity contribution >= 4 is 28.9 Å². The minimum absolute atomic E-state index is 0.0800. The van der Waals surface area contributed by atoms with Gasteiger partial charge in [0.25, 0.3) is 0 Å². The van der Waals surface area contributed by atoms with Crippen molar-refractivity contribution in [3.05, 3.63) is 74.8 Å². The van der Waals surface area contributed by atoms with E-state index < -0.39 is 17.7 Å². The van der Waals surface area contributed by atoms with Gasteiger partial charge in [-0.05, 0) is 31.2 Å². The van der Waals surface area contributed by atoms with Gasteiger partial charge in [-0.3, -0.25) is 4.99 Å². The van der Waals surface area contributed by atoms with Crippen LogP contribution < -0.4 is 0 Å². The molecule has 0 unspecified atom stereocenters. The maximum Gasteiger partial charge on any atom is 0.159 e. The molecule has 1 atom stereocenters. The largest absolute Gasteiger partial charge is 0.380 e. The number of halogens is 4. The molecular weight excluding hydrogens is 421 g/mol. The summed E-state index contributed by atoms with van der Waals surface area (Å²) < 4.78 is 36.2. The predicted molar refractivity (Wildman–Crippen MR) is 105 cm³/mol. The van der Waals surface area contributed by atoms with Crippen LogP contribution in [0.1, 0.15) is 41.7 Å². The number of benzene rings is 2. The van der Waals surface area contributed by atoms with Crippen molar-refractivity contribution in [1.29, 1.82) is 0 Å². The first-order chi connectivity index (χ1) is 14.0. The summed E-state index contributed by atoms with van der Waals surface area (Å²) in [6.45, 7) is 2.91. The minimum atomic E-state index is -0.738. The average Bonchev–Trinajstić information content (AvgIpc) is 3.01. The Balaban J connectivity index is 1.81. The van der Waals surface area contributed by atoms with Gasteiger partial charge in [0, 0.05) is 5.56 Å². The Kier molecular flexibility index (Phi) is 4.42. The van der Waals surface area contributed by atoms with Gasteiger partial charge in [-0.15, -0.1) is 0 Å². The number of ether oxygens (including phenoxy) is 1. The van der Waals surface area contributed by atoms with Crippen molar-refractivity contribution in [3.63, 3.8) is 0 Å². The molecule has 5 rings (SSSR count). The Morgan fingerprint density at radius 1 is 1.07 bits per heavy atom. The van der Waals surface area contributed by atoms with Gasteiger partial charge >= 0.3 is 0 Å². The van der Waals surface area contributed by atoms with E-state index >= 15 is 0 Å². The van der Waals surface area contributed by atoms with Crippen LogP contribution in [0, 0.1) is 11.6 Å². The fraction of sp³-hybridized carbons (Fsp3) is 0.250. The van der Waals surface area contributed by atoms with Crippen LogP contribution in [-0.2, 0) is 4.74 Å². The van der Waals surface area contributed by atoms with Gasteiger partial charge in [0.15, 0.2) is 11.6 Å². The van der Waals surface area contributed by atoms with Crippen LogP contribution in [0.4, 0.5) is 8.78 Å². The van der Waals surface area contributed by atoms with Gasteiger partial charge < -0.3 is 4.74 Å². The molecule has 29 heavy (non-hydrogen) atoms. The lowest BCUT2D eigenvalue weighted by atomic mass is 9.99. The third-order valence-corrected chi connectivity index (χ3v) is 5.89. The van der Waals surface area contributed by atoms with Crippen LogP contribution in [0.3, 0.4) is 0 Å². The summed E-state index contributed by atoms with van der Waals surface area (Å²) in [5.41, 5.74) is 0.647. The summed E-state index contributed by atoms with van der Waals surface area (Å²) >= 11 is 12.8. The molecule has 1 saturated heterocycles. The summed E-state index contributed by atoms with van der Waals surface area (Å²) in [7, 11) is 0. The van der Waals surface area contributed by atoms with Crippen LogP contribution in [0.25, 0.3) is 5.69 Å². The summed E-state index contributed by atoms with van der Waals surface area (Å²) in [6.07, 6.45) is 0. The lowest BCUT2D eigenvalue weighted by Crippen LogP contribution is -2.26. The average molecular weight is 435 g/mol. The number of fused-ring (bicyclic) bond motifs is 3. The SMILES string of the molecule is C[C@@H]1N=C(c2c(F)cccc2F)c2c(ccc(Cl)c2Cl)-n2nc(C3COC3)nc21. The fourth-order valence-electron chi connectivity index (χ4n) is 3.52. The highest BCUT2D eigenvalue weighted by Crippen LogP contribution is 2.38. The van der Waals surface area contributed by atoms with Gasteiger partial charge in [-0.1, -0.05) is 29.3 Å². The highest BCUT2D eigenvalue weighted by atomic mass is 35.5. The van der Waals surface area contributed by atoms with Crippen LogP contribution >= 0.6 is 23.2 Å². The predicted octanol–water partition coefficient (Wildman–Crippen LogP) is 4.88. The zero-order valence-electron chi connectivity index (χ0n) is 15.2. The Labute approximate surface area is 174 Å². The molecule has 2 aromatic carbocycles. The Morgan fingerprint density at radius 2 is 1.79 bits per heavy atom. The second-order valence-corrected chi connectivity index (χ2v) is 7.77. The lowest BCUT2D eigenvalue weighted by molar-refractivity contribution is 0.00487. The third kappa shape index (κ3) is 2.87. The Hall–Kier alpha value is -2.35. The second kappa shape index (κ2) is 6.86. The maximum atomic E-state index is 14.7. The van der Waals surface area contributed by atoms with E-state index in [9.17, 15) is 8.78 Å². The summed E-state index contributed by atoms with van der Waals surface area (Å²) in [4.78, 5) is 9.25. The highest BCUT2D eigenvalue weighted by molar-refractivity contribution is 6.45. The normalized spacial score (nSPS) is 18.5. The Morgan fingerprint density at radius 3 is 2.45 bits per heavy atom. The van der Waals surface area contributed by atoms with Crippen LogP contribution in [-0.4, -0.2) is 33.7 Å². The molecule has 1 aromatic heterocycles. The number of rotatable bonds is 2. The number of hydrogen-bond donors (Lipinski definition) is 0. The van der Waals surface area contributed by atoms with Gasteiger partial charge in [0.05, 0.1) is 46.1 Å². The van der Waals surface area contributed by atoms with E-state index in [0.29, 0.717) is 36.1 Å². The first-order valence-electron chi connectivity index (χ1n) is 9.01. The van der Waals surface area contributed by atoms with E-state index in [1.165, 1.54) is 18.2 Å². The van der Waals surface area contributed by atoms with Gasteiger partial charge in [-0.25, -0.2) is 18.4 Å². The van der Waals surface area contributed by atoms with Gasteiger partial charge in [0.2, 0.25) is 0 Å². The molecule has 0 spiro atoms. The van der Waals surface area contributed by atoms with Gasteiger partial charge in [0.1, 0.15) is 17.7 Å². The molecule has 3 heterocycles. The maximum absolute atomic E-state index is 14.7. The third-order valence-electron chi connectivity index (χ3n) is 5.09. The van der Waals surface area contributed by atoms with Gasteiger partial charge in [-0.2, -0.15) is 5.10 Å². The zero-order chi connectivity index (χ0) is 20.3. The molecule has 5 nitrogen and oxygen atoms in total. The van der Waals surface area contributed by atoms with Crippen molar-refractivity contribution in [2.24, 2.45) is 4.99 Å². The number of hydrogen-bond acceptors (Lipinski definition) is 4. The monoisotopic (exact) mass is 434 g/mol. The molecule has 0 radical (unpaired) electrons. The molecule has 0 saturated carbocycles. The van der Waals surface area contributed by atoms with Crippen LogP contribution in [0.5, 0.6) is 0 Å². The fourth-order valence-corrected chi connectivity index (χ4v) is 3.92. The molecule has 148 valence electrons. The van der Waals surface area contributed by atoms with Crippen LogP contribution in [0.2, 0.25) is 10.0 Å². The first-order valence-corrected chi connectivity index (χ1v) is 9.76. The first kappa shape index (κ1) is 18.7. The molecule has 3 aromatic rings. The Bertz CT molecular complexity index is 1150. The van der Waals surface area contributed by atoms with Crippen molar-refractivity contribution < 1.29 is 13.5 Å². The zero-order valence-corrected chi connectivity index (χ0v) is 16.7.